The Labute approximate surface area is 157 Å². The van der Waals surface area contributed by atoms with E-state index < -0.39 is 23.6 Å². The summed E-state index contributed by atoms with van der Waals surface area (Å²) in [5.74, 6) is -0.301. The summed E-state index contributed by atoms with van der Waals surface area (Å²) in [7, 11) is 0. The zero-order valence-electron chi connectivity index (χ0n) is 16.1. The molecule has 0 fully saturated rings. The fraction of sp³-hybridized carbons (Fsp3) is 0.444. The van der Waals surface area contributed by atoms with Gasteiger partial charge in [-0.15, -0.1) is 0 Å². The monoisotopic (exact) mass is 375 g/mol. The topological polar surface area (TPSA) is 114 Å². The summed E-state index contributed by atoms with van der Waals surface area (Å²) in [6.45, 7) is 8.89. The highest BCUT2D eigenvalue weighted by atomic mass is 16.6. The molecule has 2 aromatic rings. The maximum absolute atomic E-state index is 12.5. The van der Waals surface area contributed by atoms with Gasteiger partial charge in [-0.3, -0.25) is 25.0 Å². The summed E-state index contributed by atoms with van der Waals surface area (Å²) in [5.41, 5.74) is 4.76. The summed E-state index contributed by atoms with van der Waals surface area (Å²) in [6.07, 6.45) is -0.695. The number of nitrogens with one attached hydrogen (secondary N) is 3. The number of amides is 2. The molecular weight excluding hydrogens is 350 g/mol. The van der Waals surface area contributed by atoms with Gasteiger partial charge in [0.2, 0.25) is 5.95 Å². The van der Waals surface area contributed by atoms with E-state index in [9.17, 15) is 14.4 Å². The Morgan fingerprint density at radius 1 is 1.26 bits per heavy atom. The summed E-state index contributed by atoms with van der Waals surface area (Å²) in [4.78, 5) is 40.9. The van der Waals surface area contributed by atoms with E-state index in [1.54, 1.807) is 52.0 Å². The normalized spacial score (nSPS) is 12.3. The molecule has 146 valence electrons. The molecule has 1 aromatic heterocycles. The average Bonchev–Trinajstić information content (AvgIpc) is 2.58. The molecule has 0 saturated heterocycles. The quantitative estimate of drug-likeness (QED) is 0.686. The zero-order chi connectivity index (χ0) is 20.2. The molecular formula is C18H25N5O4. The number of carbonyl (C=O) groups is 2. The van der Waals surface area contributed by atoms with E-state index in [1.807, 2.05) is 0 Å². The first-order chi connectivity index (χ1) is 12.6. The number of anilines is 1. The number of para-hydroxylation sites is 1. The van der Waals surface area contributed by atoms with Crippen LogP contribution >= 0.6 is 0 Å². The number of ether oxygens (including phenoxy) is 1. The van der Waals surface area contributed by atoms with E-state index in [0.717, 1.165) is 0 Å². The molecule has 0 radical (unpaired) electrons. The fourth-order valence-corrected chi connectivity index (χ4v) is 2.33. The van der Waals surface area contributed by atoms with Crippen LogP contribution in [0.3, 0.4) is 0 Å². The van der Waals surface area contributed by atoms with Crippen LogP contribution < -0.4 is 21.7 Å². The van der Waals surface area contributed by atoms with Gasteiger partial charge in [0.1, 0.15) is 11.6 Å². The van der Waals surface area contributed by atoms with Crippen molar-refractivity contribution < 1.29 is 14.3 Å². The summed E-state index contributed by atoms with van der Waals surface area (Å²) < 4.78 is 6.52. The smallest absolute Gasteiger partial charge is 0.408 e. The third-order valence-corrected chi connectivity index (χ3v) is 3.60. The SMILES string of the molecule is CCn1c(NNC(=O)C(C)NC(=O)OC(C)(C)C)nc2ccccc2c1=O. The van der Waals surface area contributed by atoms with Crippen LogP contribution in [0.5, 0.6) is 0 Å². The lowest BCUT2D eigenvalue weighted by Gasteiger charge is -2.22. The van der Waals surface area contributed by atoms with Crippen molar-refractivity contribution >= 4 is 28.9 Å². The van der Waals surface area contributed by atoms with Crippen LogP contribution in [-0.4, -0.2) is 33.2 Å². The fourth-order valence-electron chi connectivity index (χ4n) is 2.33. The van der Waals surface area contributed by atoms with Crippen molar-refractivity contribution in [1.29, 1.82) is 0 Å². The van der Waals surface area contributed by atoms with Crippen molar-refractivity contribution in [3.8, 4) is 0 Å². The second kappa shape index (κ2) is 8.07. The highest BCUT2D eigenvalue weighted by molar-refractivity contribution is 5.86. The molecule has 0 aliphatic heterocycles. The van der Waals surface area contributed by atoms with Gasteiger partial charge in [0.05, 0.1) is 10.9 Å². The van der Waals surface area contributed by atoms with Gasteiger partial charge in [-0.2, -0.15) is 0 Å². The number of carbonyl (C=O) groups excluding carboxylic acids is 2. The second-order valence-electron chi connectivity index (χ2n) is 6.98. The maximum atomic E-state index is 12.5. The van der Waals surface area contributed by atoms with Crippen LogP contribution in [0.25, 0.3) is 10.9 Å². The highest BCUT2D eigenvalue weighted by Gasteiger charge is 2.21. The van der Waals surface area contributed by atoms with Gasteiger partial charge in [0.15, 0.2) is 0 Å². The Kier molecular flexibility index (Phi) is 6.04. The van der Waals surface area contributed by atoms with Gasteiger partial charge in [-0.1, -0.05) is 12.1 Å². The van der Waals surface area contributed by atoms with Crippen molar-refractivity contribution in [1.82, 2.24) is 20.3 Å². The van der Waals surface area contributed by atoms with Gasteiger partial charge < -0.3 is 10.1 Å². The van der Waals surface area contributed by atoms with Crippen molar-refractivity contribution in [2.75, 3.05) is 5.43 Å². The first kappa shape index (κ1) is 20.2. The third-order valence-electron chi connectivity index (χ3n) is 3.60. The van der Waals surface area contributed by atoms with Crippen molar-refractivity contribution in [3.05, 3.63) is 34.6 Å². The number of fused-ring (bicyclic) bond motifs is 1. The van der Waals surface area contributed by atoms with Crippen molar-refractivity contribution in [2.45, 2.75) is 52.8 Å². The van der Waals surface area contributed by atoms with Crippen LogP contribution in [0, 0.1) is 0 Å². The maximum Gasteiger partial charge on any atom is 0.408 e. The largest absolute Gasteiger partial charge is 0.444 e. The number of alkyl carbamates (subject to hydrolysis) is 1. The zero-order valence-corrected chi connectivity index (χ0v) is 16.1. The molecule has 1 unspecified atom stereocenters. The van der Waals surface area contributed by atoms with Gasteiger partial charge in [-0.05, 0) is 46.8 Å². The molecule has 1 atom stereocenters. The van der Waals surface area contributed by atoms with Gasteiger partial charge in [0, 0.05) is 6.54 Å². The molecule has 0 saturated carbocycles. The number of benzene rings is 1. The van der Waals surface area contributed by atoms with E-state index in [2.05, 4.69) is 21.2 Å². The van der Waals surface area contributed by atoms with Crippen LogP contribution in [0.4, 0.5) is 10.7 Å². The Hall–Kier alpha value is -3.10. The number of hydrazine groups is 1. The Morgan fingerprint density at radius 2 is 1.93 bits per heavy atom. The molecule has 9 heteroatoms. The Balaban J connectivity index is 2.08. The first-order valence-electron chi connectivity index (χ1n) is 8.67. The highest BCUT2D eigenvalue weighted by Crippen LogP contribution is 2.10. The van der Waals surface area contributed by atoms with Crippen LogP contribution in [0.1, 0.15) is 34.6 Å². The molecule has 0 bridgehead atoms. The molecule has 0 spiro atoms. The molecule has 3 N–H and O–H groups in total. The Bertz CT molecular complexity index is 901. The predicted molar refractivity (Wildman–Crippen MR) is 102 cm³/mol. The number of hydrogen-bond acceptors (Lipinski definition) is 6. The minimum atomic E-state index is -0.852. The van der Waals surface area contributed by atoms with E-state index in [0.29, 0.717) is 17.4 Å². The minimum Gasteiger partial charge on any atom is -0.444 e. The van der Waals surface area contributed by atoms with E-state index in [1.165, 1.54) is 11.5 Å². The lowest BCUT2D eigenvalue weighted by atomic mass is 10.2. The lowest BCUT2D eigenvalue weighted by Crippen LogP contribution is -2.48. The summed E-state index contributed by atoms with van der Waals surface area (Å²) >= 11 is 0. The van der Waals surface area contributed by atoms with E-state index in [-0.39, 0.29) is 11.5 Å². The van der Waals surface area contributed by atoms with Crippen LogP contribution in [0.2, 0.25) is 0 Å². The lowest BCUT2D eigenvalue weighted by molar-refractivity contribution is -0.122. The number of rotatable bonds is 5. The standard InChI is InChI=1S/C18H25N5O4/c1-6-23-15(25)12-9-7-8-10-13(12)20-16(23)22-21-14(24)11(2)19-17(26)27-18(3,4)5/h7-11H,6H2,1-5H3,(H,19,26)(H,20,22)(H,21,24). The third kappa shape index (κ3) is 5.19. The minimum absolute atomic E-state index is 0.207. The molecule has 2 amide bonds. The van der Waals surface area contributed by atoms with E-state index in [4.69, 9.17) is 4.74 Å². The van der Waals surface area contributed by atoms with Gasteiger partial charge in [0.25, 0.3) is 11.5 Å². The molecule has 27 heavy (non-hydrogen) atoms. The molecule has 1 heterocycles. The summed E-state index contributed by atoms with van der Waals surface area (Å²) in [5, 5.41) is 2.94. The number of aromatic nitrogens is 2. The average molecular weight is 375 g/mol. The number of hydrogen-bond donors (Lipinski definition) is 3. The predicted octanol–water partition coefficient (Wildman–Crippen LogP) is 1.77. The molecule has 9 nitrogen and oxygen atoms in total. The van der Waals surface area contributed by atoms with Crippen molar-refractivity contribution in [2.24, 2.45) is 0 Å². The van der Waals surface area contributed by atoms with Crippen LogP contribution in [-0.2, 0) is 16.1 Å². The first-order valence-corrected chi connectivity index (χ1v) is 8.67. The van der Waals surface area contributed by atoms with Crippen molar-refractivity contribution in [3.63, 3.8) is 0 Å². The molecule has 0 aliphatic rings. The van der Waals surface area contributed by atoms with Gasteiger partial charge >= 0.3 is 6.09 Å². The second-order valence-corrected chi connectivity index (χ2v) is 6.98. The molecule has 1 aromatic carbocycles. The summed E-state index contributed by atoms with van der Waals surface area (Å²) in [6, 6.07) is 6.11. The van der Waals surface area contributed by atoms with Crippen LogP contribution in [0.15, 0.2) is 29.1 Å². The Morgan fingerprint density at radius 3 is 2.56 bits per heavy atom. The van der Waals surface area contributed by atoms with Gasteiger partial charge in [-0.25, -0.2) is 9.78 Å². The number of nitrogens with zero attached hydrogens (tertiary/aromatic N) is 2. The molecule has 2 rings (SSSR count). The molecule has 0 aliphatic carbocycles. The van der Waals surface area contributed by atoms with E-state index >= 15 is 0 Å².